The van der Waals surface area contributed by atoms with Crippen LogP contribution >= 0.6 is 0 Å². The van der Waals surface area contributed by atoms with E-state index in [1.165, 1.54) is 52.0 Å². The van der Waals surface area contributed by atoms with E-state index < -0.39 is 0 Å². The monoisotopic (exact) mass is 253 g/mol. The lowest BCUT2D eigenvalue weighted by Crippen LogP contribution is -2.54. The minimum Gasteiger partial charge on any atom is -0.379 e. The summed E-state index contributed by atoms with van der Waals surface area (Å²) in [6.45, 7) is 10.5. The number of piperidine rings is 1. The van der Waals surface area contributed by atoms with Crippen LogP contribution in [-0.2, 0) is 4.74 Å². The molecule has 0 bridgehead atoms. The quantitative estimate of drug-likeness (QED) is 0.787. The standard InChI is InChI=1S/C14H27N3O/c1-2-6-17(5-1)14-11-15-4-3-13(14)12-16-7-9-18-10-8-16/h13-15H,1-12H2. The molecule has 0 saturated carbocycles. The third kappa shape index (κ3) is 3.05. The fourth-order valence-electron chi connectivity index (χ4n) is 3.73. The first kappa shape index (κ1) is 12.9. The van der Waals surface area contributed by atoms with E-state index in [0.29, 0.717) is 0 Å². The van der Waals surface area contributed by atoms with Crippen molar-refractivity contribution in [2.45, 2.75) is 25.3 Å². The molecule has 3 aliphatic heterocycles. The number of morpholine rings is 1. The number of nitrogens with one attached hydrogen (secondary N) is 1. The van der Waals surface area contributed by atoms with Crippen LogP contribution in [0.1, 0.15) is 19.3 Å². The average Bonchev–Trinajstić information content (AvgIpc) is 2.94. The highest BCUT2D eigenvalue weighted by molar-refractivity contribution is 4.89. The van der Waals surface area contributed by atoms with Crippen LogP contribution in [0.2, 0.25) is 0 Å². The van der Waals surface area contributed by atoms with Gasteiger partial charge in [0.2, 0.25) is 0 Å². The summed E-state index contributed by atoms with van der Waals surface area (Å²) in [5.74, 6) is 0.863. The Morgan fingerprint density at radius 3 is 2.61 bits per heavy atom. The molecule has 3 saturated heterocycles. The molecule has 0 aromatic heterocycles. The van der Waals surface area contributed by atoms with Crippen LogP contribution in [0.3, 0.4) is 0 Å². The van der Waals surface area contributed by atoms with Crippen molar-refractivity contribution < 1.29 is 4.74 Å². The minimum absolute atomic E-state index is 0.782. The second-order valence-corrected chi connectivity index (χ2v) is 5.98. The van der Waals surface area contributed by atoms with Gasteiger partial charge in [0.1, 0.15) is 0 Å². The fraction of sp³-hybridized carbons (Fsp3) is 1.00. The van der Waals surface area contributed by atoms with Crippen molar-refractivity contribution in [1.29, 1.82) is 0 Å². The Hall–Kier alpha value is -0.160. The average molecular weight is 253 g/mol. The van der Waals surface area contributed by atoms with Crippen LogP contribution in [0.5, 0.6) is 0 Å². The first-order chi connectivity index (χ1) is 8.93. The lowest BCUT2D eigenvalue weighted by Gasteiger charge is -2.41. The molecule has 104 valence electrons. The summed E-state index contributed by atoms with van der Waals surface area (Å²) >= 11 is 0. The molecule has 3 rings (SSSR count). The molecule has 4 heteroatoms. The van der Waals surface area contributed by atoms with Gasteiger partial charge in [-0.25, -0.2) is 0 Å². The number of hydrogen-bond acceptors (Lipinski definition) is 4. The third-order valence-electron chi connectivity index (χ3n) is 4.80. The predicted molar refractivity (Wildman–Crippen MR) is 72.8 cm³/mol. The molecule has 2 unspecified atom stereocenters. The van der Waals surface area contributed by atoms with Crippen LogP contribution in [-0.4, -0.2) is 74.9 Å². The van der Waals surface area contributed by atoms with Gasteiger partial charge in [-0.15, -0.1) is 0 Å². The van der Waals surface area contributed by atoms with Crippen molar-refractivity contribution in [2.24, 2.45) is 5.92 Å². The molecule has 4 nitrogen and oxygen atoms in total. The highest BCUT2D eigenvalue weighted by Gasteiger charge is 2.32. The van der Waals surface area contributed by atoms with Gasteiger partial charge in [0.25, 0.3) is 0 Å². The largest absolute Gasteiger partial charge is 0.379 e. The number of ether oxygens (including phenoxy) is 1. The lowest BCUT2D eigenvalue weighted by molar-refractivity contribution is 0.0170. The van der Waals surface area contributed by atoms with Gasteiger partial charge in [0.05, 0.1) is 13.2 Å². The second-order valence-electron chi connectivity index (χ2n) is 5.98. The Morgan fingerprint density at radius 2 is 1.83 bits per heavy atom. The Morgan fingerprint density at radius 1 is 1.06 bits per heavy atom. The Kier molecular flexibility index (Phi) is 4.52. The topological polar surface area (TPSA) is 27.7 Å². The van der Waals surface area contributed by atoms with Gasteiger partial charge < -0.3 is 10.1 Å². The van der Waals surface area contributed by atoms with E-state index >= 15 is 0 Å². The molecule has 3 fully saturated rings. The zero-order valence-electron chi connectivity index (χ0n) is 11.4. The van der Waals surface area contributed by atoms with Crippen LogP contribution in [0.25, 0.3) is 0 Å². The van der Waals surface area contributed by atoms with Gasteiger partial charge in [0, 0.05) is 32.2 Å². The van der Waals surface area contributed by atoms with Crippen LogP contribution < -0.4 is 5.32 Å². The summed E-state index contributed by atoms with van der Waals surface area (Å²) in [5.41, 5.74) is 0. The van der Waals surface area contributed by atoms with Crippen LogP contribution in [0, 0.1) is 5.92 Å². The zero-order valence-corrected chi connectivity index (χ0v) is 11.4. The molecule has 0 aromatic carbocycles. The van der Waals surface area contributed by atoms with E-state index in [-0.39, 0.29) is 0 Å². The molecular weight excluding hydrogens is 226 g/mol. The summed E-state index contributed by atoms with van der Waals surface area (Å²) in [4.78, 5) is 5.35. The molecule has 0 spiro atoms. The normalized spacial score (nSPS) is 36.0. The molecular formula is C14H27N3O. The second kappa shape index (κ2) is 6.33. The number of rotatable bonds is 3. The molecule has 1 N–H and O–H groups in total. The maximum Gasteiger partial charge on any atom is 0.0594 e. The molecule has 0 aliphatic carbocycles. The molecule has 18 heavy (non-hydrogen) atoms. The van der Waals surface area contributed by atoms with E-state index in [2.05, 4.69) is 15.1 Å². The van der Waals surface area contributed by atoms with Crippen LogP contribution in [0.4, 0.5) is 0 Å². The summed E-state index contributed by atoms with van der Waals surface area (Å²) in [6.07, 6.45) is 4.15. The smallest absolute Gasteiger partial charge is 0.0594 e. The van der Waals surface area contributed by atoms with Gasteiger partial charge in [0.15, 0.2) is 0 Å². The maximum atomic E-state index is 5.45. The SMILES string of the molecule is C1CCN(C2CNCCC2CN2CCOCC2)C1. The van der Waals surface area contributed by atoms with Crippen molar-refractivity contribution in [3.8, 4) is 0 Å². The van der Waals surface area contributed by atoms with Crippen LogP contribution in [0.15, 0.2) is 0 Å². The predicted octanol–water partition coefficient (Wildman–Crippen LogP) is 0.393. The van der Waals surface area contributed by atoms with E-state index in [4.69, 9.17) is 4.74 Å². The van der Waals surface area contributed by atoms with Gasteiger partial charge in [-0.3, -0.25) is 9.80 Å². The lowest BCUT2D eigenvalue weighted by atomic mass is 9.91. The van der Waals surface area contributed by atoms with E-state index in [0.717, 1.165) is 38.3 Å². The van der Waals surface area contributed by atoms with Gasteiger partial charge >= 0.3 is 0 Å². The molecule has 3 heterocycles. The minimum atomic E-state index is 0.782. The summed E-state index contributed by atoms with van der Waals surface area (Å²) in [6, 6.07) is 0.782. The van der Waals surface area contributed by atoms with Crippen molar-refractivity contribution in [2.75, 3.05) is 59.0 Å². The Bertz CT molecular complexity index is 249. The molecule has 3 aliphatic rings. The number of hydrogen-bond donors (Lipinski definition) is 1. The van der Waals surface area contributed by atoms with E-state index in [1.807, 2.05) is 0 Å². The Balaban J connectivity index is 1.56. The van der Waals surface area contributed by atoms with Crippen molar-refractivity contribution in [3.05, 3.63) is 0 Å². The maximum absolute atomic E-state index is 5.45. The first-order valence-corrected chi connectivity index (χ1v) is 7.68. The molecule has 0 radical (unpaired) electrons. The summed E-state index contributed by atoms with van der Waals surface area (Å²) < 4.78 is 5.45. The first-order valence-electron chi connectivity index (χ1n) is 7.68. The number of likely N-dealkylation sites (tertiary alicyclic amines) is 1. The zero-order chi connectivity index (χ0) is 12.2. The highest BCUT2D eigenvalue weighted by atomic mass is 16.5. The fourth-order valence-corrected chi connectivity index (χ4v) is 3.73. The Labute approximate surface area is 111 Å². The van der Waals surface area contributed by atoms with Gasteiger partial charge in [-0.05, 0) is 44.8 Å². The van der Waals surface area contributed by atoms with Crippen molar-refractivity contribution in [3.63, 3.8) is 0 Å². The van der Waals surface area contributed by atoms with Crippen molar-refractivity contribution >= 4 is 0 Å². The van der Waals surface area contributed by atoms with Crippen molar-refractivity contribution in [1.82, 2.24) is 15.1 Å². The van der Waals surface area contributed by atoms with E-state index in [9.17, 15) is 0 Å². The van der Waals surface area contributed by atoms with Gasteiger partial charge in [-0.1, -0.05) is 0 Å². The van der Waals surface area contributed by atoms with Gasteiger partial charge in [-0.2, -0.15) is 0 Å². The molecule has 2 atom stereocenters. The highest BCUT2D eigenvalue weighted by Crippen LogP contribution is 2.23. The van der Waals surface area contributed by atoms with E-state index in [1.54, 1.807) is 0 Å². The molecule has 0 amide bonds. The number of nitrogens with zero attached hydrogens (tertiary/aromatic N) is 2. The summed E-state index contributed by atoms with van der Waals surface area (Å²) in [5, 5.41) is 3.59. The molecule has 0 aromatic rings. The summed E-state index contributed by atoms with van der Waals surface area (Å²) in [7, 11) is 0. The third-order valence-corrected chi connectivity index (χ3v) is 4.80.